The van der Waals surface area contributed by atoms with Crippen molar-refractivity contribution in [1.82, 2.24) is 9.97 Å². The van der Waals surface area contributed by atoms with E-state index in [4.69, 9.17) is 21.1 Å². The van der Waals surface area contributed by atoms with Gasteiger partial charge in [0.25, 0.3) is 0 Å². The number of hydrogen-bond acceptors (Lipinski definition) is 4. The van der Waals surface area contributed by atoms with Gasteiger partial charge in [-0.2, -0.15) is 0 Å². The van der Waals surface area contributed by atoms with Gasteiger partial charge in [-0.15, -0.1) is 0 Å². The van der Waals surface area contributed by atoms with Gasteiger partial charge in [-0.1, -0.05) is 0 Å². The van der Waals surface area contributed by atoms with E-state index in [1.807, 2.05) is 6.92 Å². The molecule has 0 aromatic carbocycles. The molecule has 0 fully saturated rings. The third kappa shape index (κ3) is 4.05. The lowest BCUT2D eigenvalue weighted by molar-refractivity contribution is 0.110. The Bertz CT molecular complexity index is 240. The van der Waals surface area contributed by atoms with Gasteiger partial charge in [-0.05, 0) is 18.5 Å². The van der Waals surface area contributed by atoms with Crippen molar-refractivity contribution in [3.63, 3.8) is 0 Å². The van der Waals surface area contributed by atoms with E-state index in [0.717, 1.165) is 0 Å². The molecule has 0 amide bonds. The van der Waals surface area contributed by atoms with E-state index in [-0.39, 0.29) is 5.28 Å². The molecule has 0 N–H and O–H groups in total. The standard InChI is InChI=1S/C8H11ClN2O2/c1-2-12-3-4-13-7-5-10-8(9)11-6-7/h5-6H,2-4H2,1H3. The van der Waals surface area contributed by atoms with Crippen LogP contribution >= 0.6 is 11.6 Å². The molecule has 0 unspecified atom stereocenters. The zero-order chi connectivity index (χ0) is 9.52. The Labute approximate surface area is 81.9 Å². The van der Waals surface area contributed by atoms with Gasteiger partial charge in [0, 0.05) is 6.61 Å². The van der Waals surface area contributed by atoms with Crippen LogP contribution in [0.15, 0.2) is 12.4 Å². The lowest BCUT2D eigenvalue weighted by atomic mass is 10.6. The Morgan fingerprint density at radius 3 is 2.62 bits per heavy atom. The van der Waals surface area contributed by atoms with Crippen molar-refractivity contribution >= 4 is 11.6 Å². The highest BCUT2D eigenvalue weighted by Gasteiger charge is 1.94. The van der Waals surface area contributed by atoms with Crippen LogP contribution in [-0.2, 0) is 4.74 Å². The number of nitrogens with zero attached hydrogens (tertiary/aromatic N) is 2. The van der Waals surface area contributed by atoms with Crippen LogP contribution in [-0.4, -0.2) is 29.8 Å². The van der Waals surface area contributed by atoms with Crippen LogP contribution in [0.25, 0.3) is 0 Å². The third-order valence-corrected chi connectivity index (χ3v) is 1.49. The van der Waals surface area contributed by atoms with E-state index in [1.54, 1.807) is 0 Å². The van der Waals surface area contributed by atoms with E-state index < -0.39 is 0 Å². The van der Waals surface area contributed by atoms with Crippen molar-refractivity contribution in [2.75, 3.05) is 19.8 Å². The molecule has 0 radical (unpaired) electrons. The van der Waals surface area contributed by atoms with Crippen molar-refractivity contribution in [2.45, 2.75) is 6.92 Å². The van der Waals surface area contributed by atoms with Gasteiger partial charge in [0.2, 0.25) is 5.28 Å². The molecule has 0 bridgehead atoms. The highest BCUT2D eigenvalue weighted by molar-refractivity contribution is 6.28. The molecular weight excluding hydrogens is 192 g/mol. The maximum atomic E-state index is 5.49. The SMILES string of the molecule is CCOCCOc1cnc(Cl)nc1. The summed E-state index contributed by atoms with van der Waals surface area (Å²) in [6.07, 6.45) is 3.06. The van der Waals surface area contributed by atoms with Gasteiger partial charge in [-0.25, -0.2) is 9.97 Å². The Morgan fingerprint density at radius 1 is 1.31 bits per heavy atom. The summed E-state index contributed by atoms with van der Waals surface area (Å²) in [4.78, 5) is 7.53. The first-order chi connectivity index (χ1) is 6.33. The smallest absolute Gasteiger partial charge is 0.222 e. The Kier molecular flexibility index (Phi) is 4.49. The van der Waals surface area contributed by atoms with Crippen LogP contribution in [0.2, 0.25) is 5.28 Å². The first-order valence-corrected chi connectivity index (χ1v) is 4.39. The van der Waals surface area contributed by atoms with Crippen LogP contribution in [0.5, 0.6) is 5.75 Å². The predicted molar refractivity (Wildman–Crippen MR) is 49.0 cm³/mol. The molecule has 0 atom stereocenters. The van der Waals surface area contributed by atoms with E-state index in [1.165, 1.54) is 12.4 Å². The Balaban J connectivity index is 2.25. The quantitative estimate of drug-likeness (QED) is 0.537. The number of rotatable bonds is 5. The molecule has 1 heterocycles. The molecule has 0 aliphatic carbocycles. The van der Waals surface area contributed by atoms with Gasteiger partial charge in [0.05, 0.1) is 19.0 Å². The van der Waals surface area contributed by atoms with Crippen LogP contribution in [0.1, 0.15) is 6.92 Å². The molecule has 13 heavy (non-hydrogen) atoms. The largest absolute Gasteiger partial charge is 0.488 e. The summed E-state index contributed by atoms with van der Waals surface area (Å²) in [6.45, 7) is 3.70. The Morgan fingerprint density at radius 2 is 2.00 bits per heavy atom. The summed E-state index contributed by atoms with van der Waals surface area (Å²) in [6, 6.07) is 0. The minimum atomic E-state index is 0.220. The fourth-order valence-corrected chi connectivity index (χ4v) is 0.835. The van der Waals surface area contributed by atoms with Crippen LogP contribution in [0.4, 0.5) is 0 Å². The zero-order valence-corrected chi connectivity index (χ0v) is 8.12. The van der Waals surface area contributed by atoms with Gasteiger partial charge in [0.15, 0.2) is 5.75 Å². The second-order valence-electron chi connectivity index (χ2n) is 2.23. The van der Waals surface area contributed by atoms with Crippen molar-refractivity contribution in [3.05, 3.63) is 17.7 Å². The van der Waals surface area contributed by atoms with Crippen molar-refractivity contribution < 1.29 is 9.47 Å². The van der Waals surface area contributed by atoms with Crippen molar-refractivity contribution in [2.24, 2.45) is 0 Å². The second kappa shape index (κ2) is 5.72. The lowest BCUT2D eigenvalue weighted by Gasteiger charge is -2.04. The third-order valence-electron chi connectivity index (χ3n) is 1.30. The summed E-state index contributed by atoms with van der Waals surface area (Å²) < 4.78 is 10.3. The van der Waals surface area contributed by atoms with Crippen LogP contribution in [0, 0.1) is 0 Å². The normalized spacial score (nSPS) is 10.0. The average molecular weight is 203 g/mol. The summed E-state index contributed by atoms with van der Waals surface area (Å²) in [5.41, 5.74) is 0. The molecule has 1 aromatic heterocycles. The highest BCUT2D eigenvalue weighted by atomic mass is 35.5. The molecule has 0 aliphatic rings. The zero-order valence-electron chi connectivity index (χ0n) is 7.36. The molecule has 0 saturated carbocycles. The molecular formula is C8H11ClN2O2. The highest BCUT2D eigenvalue weighted by Crippen LogP contribution is 2.07. The second-order valence-corrected chi connectivity index (χ2v) is 2.57. The fraction of sp³-hybridized carbons (Fsp3) is 0.500. The number of halogens is 1. The van der Waals surface area contributed by atoms with Crippen molar-refractivity contribution in [1.29, 1.82) is 0 Å². The average Bonchev–Trinajstić information content (AvgIpc) is 2.15. The van der Waals surface area contributed by atoms with Gasteiger partial charge in [-0.3, -0.25) is 0 Å². The molecule has 5 heteroatoms. The first-order valence-electron chi connectivity index (χ1n) is 4.01. The number of aromatic nitrogens is 2. The minimum Gasteiger partial charge on any atom is -0.488 e. The molecule has 4 nitrogen and oxygen atoms in total. The maximum Gasteiger partial charge on any atom is 0.222 e. The summed E-state index contributed by atoms with van der Waals surface area (Å²) in [5, 5.41) is 0.220. The molecule has 1 aromatic rings. The van der Waals surface area contributed by atoms with E-state index in [9.17, 15) is 0 Å². The van der Waals surface area contributed by atoms with Crippen molar-refractivity contribution in [3.8, 4) is 5.75 Å². The predicted octanol–water partition coefficient (Wildman–Crippen LogP) is 1.55. The number of ether oxygens (including phenoxy) is 2. The summed E-state index contributed by atoms with van der Waals surface area (Å²) in [7, 11) is 0. The molecule has 0 saturated heterocycles. The fourth-order valence-electron chi connectivity index (χ4n) is 0.738. The monoisotopic (exact) mass is 202 g/mol. The molecule has 0 spiro atoms. The number of hydrogen-bond donors (Lipinski definition) is 0. The van der Waals surface area contributed by atoms with Gasteiger partial charge >= 0.3 is 0 Å². The van der Waals surface area contributed by atoms with E-state index in [0.29, 0.717) is 25.6 Å². The minimum absolute atomic E-state index is 0.220. The van der Waals surface area contributed by atoms with Crippen LogP contribution in [0.3, 0.4) is 0 Å². The topological polar surface area (TPSA) is 44.2 Å². The van der Waals surface area contributed by atoms with Crippen LogP contribution < -0.4 is 4.74 Å². The first kappa shape index (κ1) is 10.2. The molecule has 72 valence electrons. The molecule has 1 rings (SSSR count). The maximum absolute atomic E-state index is 5.49. The van der Waals surface area contributed by atoms with E-state index in [2.05, 4.69) is 9.97 Å². The van der Waals surface area contributed by atoms with E-state index >= 15 is 0 Å². The summed E-state index contributed by atoms with van der Waals surface area (Å²) >= 11 is 5.49. The van der Waals surface area contributed by atoms with Gasteiger partial charge in [0.1, 0.15) is 6.61 Å². The lowest BCUT2D eigenvalue weighted by Crippen LogP contribution is -2.06. The Hall–Kier alpha value is -0.870. The molecule has 0 aliphatic heterocycles. The van der Waals surface area contributed by atoms with Gasteiger partial charge < -0.3 is 9.47 Å². The summed E-state index contributed by atoms with van der Waals surface area (Å²) in [5.74, 6) is 0.601.